The summed E-state index contributed by atoms with van der Waals surface area (Å²) in [6, 6.07) is 9.95. The summed E-state index contributed by atoms with van der Waals surface area (Å²) in [5.74, 6) is 0. The molecule has 0 aromatic heterocycles. The Hall–Kier alpha value is -1.56. The van der Waals surface area contributed by atoms with E-state index in [0.717, 1.165) is 12.8 Å². The second-order valence-corrected chi connectivity index (χ2v) is 10.7. The number of benzene rings is 2. The summed E-state index contributed by atoms with van der Waals surface area (Å²) in [5, 5.41) is 0. The third-order valence-corrected chi connectivity index (χ3v) is 6.53. The predicted molar refractivity (Wildman–Crippen MR) is 119 cm³/mol. The molecule has 0 aliphatic heterocycles. The van der Waals surface area contributed by atoms with Crippen molar-refractivity contribution in [2.75, 3.05) is 0 Å². The molecule has 0 heteroatoms. The first kappa shape index (κ1) is 20.2. The Labute approximate surface area is 167 Å². The smallest absolute Gasteiger partial charge is 0.0132 e. The van der Waals surface area contributed by atoms with Crippen LogP contribution in [0.15, 0.2) is 24.3 Å². The van der Waals surface area contributed by atoms with Gasteiger partial charge in [0.2, 0.25) is 0 Å². The Balaban J connectivity index is 2.09. The first-order chi connectivity index (χ1) is 12.5. The van der Waals surface area contributed by atoms with Crippen molar-refractivity contribution in [2.45, 2.75) is 98.3 Å². The fourth-order valence-electron chi connectivity index (χ4n) is 4.32. The molecular formula is C27H38. The summed E-state index contributed by atoms with van der Waals surface area (Å²) < 4.78 is 0. The highest BCUT2D eigenvalue weighted by molar-refractivity contribution is 5.45. The largest absolute Gasteiger partial charge is 0.0561 e. The second-order valence-electron chi connectivity index (χ2n) is 10.7. The van der Waals surface area contributed by atoms with Crippen molar-refractivity contribution in [2.24, 2.45) is 0 Å². The minimum atomic E-state index is 0.213. The zero-order valence-corrected chi connectivity index (χ0v) is 18.8. The van der Waals surface area contributed by atoms with Crippen LogP contribution in [0.25, 0.3) is 0 Å². The van der Waals surface area contributed by atoms with Crippen LogP contribution in [0.1, 0.15) is 92.5 Å². The third-order valence-electron chi connectivity index (χ3n) is 6.53. The van der Waals surface area contributed by atoms with Crippen molar-refractivity contribution in [1.82, 2.24) is 0 Å². The van der Waals surface area contributed by atoms with Crippen LogP contribution in [0.3, 0.4) is 0 Å². The van der Waals surface area contributed by atoms with E-state index in [0.29, 0.717) is 0 Å². The van der Waals surface area contributed by atoms with Crippen LogP contribution in [0, 0.1) is 13.8 Å². The lowest BCUT2D eigenvalue weighted by molar-refractivity contribution is 0.587. The number of aryl methyl sites for hydroxylation is 4. The van der Waals surface area contributed by atoms with Gasteiger partial charge >= 0.3 is 0 Å². The Morgan fingerprint density at radius 1 is 0.519 bits per heavy atom. The monoisotopic (exact) mass is 362 g/mol. The molecule has 0 saturated carbocycles. The lowest BCUT2D eigenvalue weighted by Crippen LogP contribution is -2.14. The molecule has 0 nitrogen and oxygen atoms in total. The van der Waals surface area contributed by atoms with Crippen molar-refractivity contribution in [3.8, 4) is 0 Å². The van der Waals surface area contributed by atoms with Crippen LogP contribution in [-0.4, -0.2) is 0 Å². The number of hydrogen-bond acceptors (Lipinski definition) is 0. The van der Waals surface area contributed by atoms with Gasteiger partial charge in [-0.15, -0.1) is 0 Å². The molecule has 1 aliphatic carbocycles. The van der Waals surface area contributed by atoms with Crippen LogP contribution in [-0.2, 0) is 36.5 Å². The molecule has 4 bridgehead atoms. The number of fused-ring (bicyclic) bond motifs is 4. The van der Waals surface area contributed by atoms with Crippen LogP contribution < -0.4 is 0 Å². The van der Waals surface area contributed by atoms with Crippen LogP contribution in [0.2, 0.25) is 0 Å². The molecule has 3 rings (SSSR count). The van der Waals surface area contributed by atoms with Crippen molar-refractivity contribution in [3.63, 3.8) is 0 Å². The first-order valence-corrected chi connectivity index (χ1v) is 10.7. The highest BCUT2D eigenvalue weighted by Gasteiger charge is 2.20. The molecule has 0 fully saturated rings. The molecule has 0 unspecified atom stereocenters. The minimum absolute atomic E-state index is 0.213. The van der Waals surface area contributed by atoms with Gasteiger partial charge in [-0.05, 0) is 101 Å². The Kier molecular flexibility index (Phi) is 5.32. The number of rotatable bonds is 0. The zero-order chi connectivity index (χ0) is 20.0. The van der Waals surface area contributed by atoms with Gasteiger partial charge in [0.15, 0.2) is 0 Å². The van der Waals surface area contributed by atoms with Crippen molar-refractivity contribution in [3.05, 3.63) is 68.8 Å². The van der Waals surface area contributed by atoms with Gasteiger partial charge in [0.1, 0.15) is 0 Å². The summed E-state index contributed by atoms with van der Waals surface area (Å²) in [4.78, 5) is 0. The van der Waals surface area contributed by atoms with Gasteiger partial charge < -0.3 is 0 Å². The normalized spacial score (nSPS) is 15.4. The molecular weight excluding hydrogens is 324 g/mol. The zero-order valence-electron chi connectivity index (χ0n) is 18.8. The molecule has 0 atom stereocenters. The van der Waals surface area contributed by atoms with Gasteiger partial charge in [-0.2, -0.15) is 0 Å². The van der Waals surface area contributed by atoms with Crippen molar-refractivity contribution < 1.29 is 0 Å². The molecule has 2 aromatic rings. The van der Waals surface area contributed by atoms with Gasteiger partial charge in [0, 0.05) is 0 Å². The Morgan fingerprint density at radius 2 is 0.815 bits per heavy atom. The van der Waals surface area contributed by atoms with Crippen molar-refractivity contribution >= 4 is 0 Å². The van der Waals surface area contributed by atoms with E-state index in [9.17, 15) is 0 Å². The molecule has 0 radical (unpaired) electrons. The molecule has 0 N–H and O–H groups in total. The summed E-state index contributed by atoms with van der Waals surface area (Å²) in [6.07, 6.45) is 5.92. The Morgan fingerprint density at radius 3 is 1.11 bits per heavy atom. The van der Waals surface area contributed by atoms with E-state index in [1.165, 1.54) is 41.5 Å². The maximum Gasteiger partial charge on any atom is -0.0132 e. The average Bonchev–Trinajstić information content (AvgIpc) is 2.55. The second kappa shape index (κ2) is 7.12. The van der Waals surface area contributed by atoms with Crippen LogP contribution in [0.5, 0.6) is 0 Å². The molecule has 146 valence electrons. The highest BCUT2D eigenvalue weighted by Crippen LogP contribution is 2.32. The molecule has 27 heavy (non-hydrogen) atoms. The number of hydrogen-bond donors (Lipinski definition) is 0. The summed E-state index contributed by atoms with van der Waals surface area (Å²) in [7, 11) is 0. The van der Waals surface area contributed by atoms with Crippen molar-refractivity contribution in [1.29, 1.82) is 0 Å². The quantitative estimate of drug-likeness (QED) is 0.466. The fraction of sp³-hybridized carbons (Fsp3) is 0.556. The van der Waals surface area contributed by atoms with E-state index in [2.05, 4.69) is 79.7 Å². The molecule has 0 spiro atoms. The summed E-state index contributed by atoms with van der Waals surface area (Å²) in [6.45, 7) is 18.7. The molecule has 2 aromatic carbocycles. The van der Waals surface area contributed by atoms with E-state index in [-0.39, 0.29) is 10.8 Å². The maximum absolute atomic E-state index is 2.49. The predicted octanol–water partition coefficient (Wildman–Crippen LogP) is 7.17. The lowest BCUT2D eigenvalue weighted by atomic mass is 9.81. The van der Waals surface area contributed by atoms with Crippen LogP contribution in [0.4, 0.5) is 0 Å². The van der Waals surface area contributed by atoms with Gasteiger partial charge in [0.05, 0.1) is 0 Å². The lowest BCUT2D eigenvalue weighted by Gasteiger charge is -2.24. The Bertz CT molecular complexity index is 766. The van der Waals surface area contributed by atoms with E-state index in [4.69, 9.17) is 0 Å². The van der Waals surface area contributed by atoms with E-state index in [1.54, 1.807) is 22.3 Å². The van der Waals surface area contributed by atoms with Crippen LogP contribution >= 0.6 is 0 Å². The van der Waals surface area contributed by atoms with Gasteiger partial charge in [-0.1, -0.05) is 65.8 Å². The van der Waals surface area contributed by atoms with Gasteiger partial charge in [0.25, 0.3) is 0 Å². The standard InChI is InChI=1S/C27H38/c1-18-20-10-9-11-21-15-25(27(6,7)8)17-23(19(21)2)13-12-22(18)16-24(14-20)26(3,4)5/h14-17H,9-13H2,1-8H3. The molecule has 0 heterocycles. The highest BCUT2D eigenvalue weighted by atomic mass is 14.3. The molecule has 0 saturated heterocycles. The third kappa shape index (κ3) is 4.31. The topological polar surface area (TPSA) is 0 Å². The average molecular weight is 363 g/mol. The summed E-state index contributed by atoms with van der Waals surface area (Å²) >= 11 is 0. The fourth-order valence-corrected chi connectivity index (χ4v) is 4.32. The maximum atomic E-state index is 2.49. The van der Waals surface area contributed by atoms with E-state index in [1.807, 2.05) is 0 Å². The minimum Gasteiger partial charge on any atom is -0.0561 e. The first-order valence-electron chi connectivity index (χ1n) is 10.7. The summed E-state index contributed by atoms with van der Waals surface area (Å²) in [5.41, 5.74) is 12.7. The molecule has 1 aliphatic rings. The van der Waals surface area contributed by atoms with E-state index >= 15 is 0 Å². The van der Waals surface area contributed by atoms with Gasteiger partial charge in [-0.25, -0.2) is 0 Å². The molecule has 0 amide bonds. The SMILES string of the molecule is Cc1c2cc(C(C)(C)C)cc1CCc1cc(C(C)(C)C)cc(c1C)CCC2. The van der Waals surface area contributed by atoms with E-state index < -0.39 is 0 Å². The van der Waals surface area contributed by atoms with Gasteiger partial charge in [-0.3, -0.25) is 0 Å².